The van der Waals surface area contributed by atoms with E-state index in [0.29, 0.717) is 0 Å². The van der Waals surface area contributed by atoms with E-state index in [1.165, 1.54) is 23.1 Å². The van der Waals surface area contributed by atoms with Crippen molar-refractivity contribution in [3.05, 3.63) is 53.6 Å². The van der Waals surface area contributed by atoms with Crippen LogP contribution in [0, 0.1) is 0 Å². The summed E-state index contributed by atoms with van der Waals surface area (Å²) in [4.78, 5) is 10.5. The molecule has 2 rings (SSSR count). The molecule has 3 N–H and O–H groups in total. The number of aliphatic carboxylic acids is 1. The molecule has 0 radical (unpaired) electrons. The molecule has 0 bridgehead atoms. The Balaban J connectivity index is 2.00. The molecule has 4 nitrogen and oxygen atoms in total. The third-order valence-corrected chi connectivity index (χ3v) is 4.06. The molecule has 0 saturated heterocycles. The Morgan fingerprint density at radius 1 is 1.17 bits per heavy atom. The smallest absolute Gasteiger partial charge is 0.305 e. The second-order valence-electron chi connectivity index (χ2n) is 6.00. The molecule has 124 valence electrons. The van der Waals surface area contributed by atoms with Crippen LogP contribution >= 0.6 is 0 Å². The zero-order chi connectivity index (χ0) is 16.7. The molecule has 23 heavy (non-hydrogen) atoms. The number of rotatable bonds is 6. The van der Waals surface area contributed by atoms with Crippen LogP contribution in [0.1, 0.15) is 43.2 Å². The third kappa shape index (κ3) is 5.66. The zero-order valence-electron chi connectivity index (χ0n) is 13.2. The largest absolute Gasteiger partial charge is 0.481 e. The van der Waals surface area contributed by atoms with Crippen LogP contribution < -0.4 is 0 Å². The van der Waals surface area contributed by atoms with Gasteiger partial charge in [-0.05, 0) is 42.4 Å². The van der Waals surface area contributed by atoms with E-state index in [1.807, 2.05) is 12.1 Å². The van der Waals surface area contributed by atoms with E-state index in [2.05, 4.69) is 18.2 Å². The highest BCUT2D eigenvalue weighted by Crippen LogP contribution is 2.29. The summed E-state index contributed by atoms with van der Waals surface area (Å²) in [7, 11) is 0. The fourth-order valence-electron chi connectivity index (χ4n) is 2.93. The standard InChI is InChI=1S/C19H24O4/c20-16(12-17(21)13-19(22)23)10-5-9-15-7-2-1-6-14-8-3-4-11-18(14)15/h3-5,8-11,16-17,20-21H,1-2,6-7,12-13H2,(H,22,23)/b10-5+,15-9-. The van der Waals surface area contributed by atoms with E-state index in [4.69, 9.17) is 5.11 Å². The number of hydrogen-bond acceptors (Lipinski definition) is 3. The number of carboxylic acid groups (broad SMARTS) is 1. The molecular weight excluding hydrogens is 292 g/mol. The van der Waals surface area contributed by atoms with E-state index in [0.717, 1.165) is 19.3 Å². The van der Waals surface area contributed by atoms with Gasteiger partial charge >= 0.3 is 5.97 Å². The maximum absolute atomic E-state index is 10.5. The Morgan fingerprint density at radius 2 is 1.91 bits per heavy atom. The Morgan fingerprint density at radius 3 is 2.70 bits per heavy atom. The topological polar surface area (TPSA) is 77.8 Å². The predicted octanol–water partition coefficient (Wildman–Crippen LogP) is 2.94. The normalized spacial score (nSPS) is 19.3. The third-order valence-electron chi connectivity index (χ3n) is 4.06. The number of aliphatic hydroxyl groups excluding tert-OH is 2. The van der Waals surface area contributed by atoms with Crippen LogP contribution in [0.2, 0.25) is 0 Å². The molecule has 0 heterocycles. The van der Waals surface area contributed by atoms with Crippen molar-refractivity contribution in [3.8, 4) is 0 Å². The molecule has 1 aromatic carbocycles. The fraction of sp³-hybridized carbons (Fsp3) is 0.421. The minimum absolute atomic E-state index is 0.0303. The Labute approximate surface area is 136 Å². The highest BCUT2D eigenvalue weighted by atomic mass is 16.4. The van der Waals surface area contributed by atoms with Crippen molar-refractivity contribution in [1.82, 2.24) is 0 Å². The number of carboxylic acids is 1. The van der Waals surface area contributed by atoms with Crippen LogP contribution in [0.4, 0.5) is 0 Å². The predicted molar refractivity (Wildman–Crippen MR) is 90.0 cm³/mol. The second kappa shape index (κ2) is 8.65. The van der Waals surface area contributed by atoms with Gasteiger partial charge < -0.3 is 15.3 Å². The van der Waals surface area contributed by atoms with Crippen LogP contribution in [-0.2, 0) is 11.2 Å². The number of benzene rings is 1. The Kier molecular flexibility index (Phi) is 6.56. The van der Waals surface area contributed by atoms with Crippen molar-refractivity contribution in [2.24, 2.45) is 0 Å². The summed E-state index contributed by atoms with van der Waals surface area (Å²) in [6.07, 6.45) is 7.66. The number of fused-ring (bicyclic) bond motifs is 1. The molecule has 1 aromatic rings. The molecular formula is C19H24O4. The van der Waals surface area contributed by atoms with Gasteiger partial charge in [0.25, 0.3) is 0 Å². The minimum atomic E-state index is -1.06. The van der Waals surface area contributed by atoms with E-state index in [-0.39, 0.29) is 12.8 Å². The highest BCUT2D eigenvalue weighted by molar-refractivity contribution is 5.70. The maximum atomic E-state index is 10.5. The summed E-state index contributed by atoms with van der Waals surface area (Å²) in [6, 6.07) is 8.40. The maximum Gasteiger partial charge on any atom is 0.305 e. The zero-order valence-corrected chi connectivity index (χ0v) is 13.2. The van der Waals surface area contributed by atoms with Crippen molar-refractivity contribution >= 4 is 11.5 Å². The number of aryl methyl sites for hydroxylation is 1. The van der Waals surface area contributed by atoms with Gasteiger partial charge in [-0.25, -0.2) is 0 Å². The SMILES string of the molecule is O=C(O)CC(O)CC(O)/C=C/C=C1/CCCCc2ccccc21. The van der Waals surface area contributed by atoms with Gasteiger partial charge in [0.1, 0.15) is 0 Å². The summed E-state index contributed by atoms with van der Waals surface area (Å²) in [5, 5.41) is 28.0. The lowest BCUT2D eigenvalue weighted by Crippen LogP contribution is -2.19. The summed E-state index contributed by atoms with van der Waals surface area (Å²) in [5.74, 6) is -1.06. The average molecular weight is 316 g/mol. The van der Waals surface area contributed by atoms with Gasteiger partial charge in [-0.1, -0.05) is 42.5 Å². The minimum Gasteiger partial charge on any atom is -0.481 e. The lowest BCUT2D eigenvalue weighted by atomic mass is 9.98. The molecule has 2 atom stereocenters. The summed E-state index contributed by atoms with van der Waals surface area (Å²) in [6.45, 7) is 0. The lowest BCUT2D eigenvalue weighted by Gasteiger charge is -2.10. The van der Waals surface area contributed by atoms with Crippen LogP contribution in [0.3, 0.4) is 0 Å². The van der Waals surface area contributed by atoms with Crippen molar-refractivity contribution in [2.45, 2.75) is 50.7 Å². The van der Waals surface area contributed by atoms with Crippen LogP contribution in [0.15, 0.2) is 42.5 Å². The van der Waals surface area contributed by atoms with Gasteiger partial charge in [0, 0.05) is 6.42 Å². The summed E-state index contributed by atoms with van der Waals surface area (Å²) >= 11 is 0. The Bertz CT molecular complexity index is 589. The first-order valence-corrected chi connectivity index (χ1v) is 8.10. The van der Waals surface area contributed by atoms with Crippen LogP contribution in [-0.4, -0.2) is 33.5 Å². The Hall–Kier alpha value is -1.91. The molecule has 0 amide bonds. The number of aliphatic hydroxyl groups is 2. The summed E-state index contributed by atoms with van der Waals surface area (Å²) in [5.41, 5.74) is 3.89. The second-order valence-corrected chi connectivity index (χ2v) is 6.00. The lowest BCUT2D eigenvalue weighted by molar-refractivity contribution is -0.139. The van der Waals surface area contributed by atoms with Gasteiger partial charge in [-0.2, -0.15) is 0 Å². The number of carbonyl (C=O) groups is 1. The molecule has 2 unspecified atom stereocenters. The molecule has 0 fully saturated rings. The van der Waals surface area contributed by atoms with Gasteiger partial charge in [0.05, 0.1) is 18.6 Å². The van der Waals surface area contributed by atoms with Gasteiger partial charge in [0.2, 0.25) is 0 Å². The van der Waals surface area contributed by atoms with Crippen molar-refractivity contribution in [3.63, 3.8) is 0 Å². The van der Waals surface area contributed by atoms with E-state index in [9.17, 15) is 15.0 Å². The van der Waals surface area contributed by atoms with Crippen molar-refractivity contribution in [1.29, 1.82) is 0 Å². The molecule has 0 aliphatic heterocycles. The average Bonchev–Trinajstić information content (AvgIpc) is 2.69. The first kappa shape index (κ1) is 17.4. The fourth-order valence-corrected chi connectivity index (χ4v) is 2.93. The van der Waals surface area contributed by atoms with E-state index < -0.39 is 18.2 Å². The quantitative estimate of drug-likeness (QED) is 0.705. The number of hydrogen-bond donors (Lipinski definition) is 3. The van der Waals surface area contributed by atoms with Gasteiger partial charge in [-0.15, -0.1) is 0 Å². The van der Waals surface area contributed by atoms with Crippen LogP contribution in [0.25, 0.3) is 5.57 Å². The van der Waals surface area contributed by atoms with Gasteiger partial charge in [-0.3, -0.25) is 4.79 Å². The molecule has 0 spiro atoms. The first-order valence-electron chi connectivity index (χ1n) is 8.10. The molecule has 1 aliphatic rings. The van der Waals surface area contributed by atoms with Gasteiger partial charge in [0.15, 0.2) is 0 Å². The van der Waals surface area contributed by atoms with E-state index in [1.54, 1.807) is 12.2 Å². The molecule has 0 aromatic heterocycles. The van der Waals surface area contributed by atoms with Crippen LogP contribution in [0.5, 0.6) is 0 Å². The van der Waals surface area contributed by atoms with Crippen molar-refractivity contribution in [2.75, 3.05) is 0 Å². The first-order chi connectivity index (χ1) is 11.1. The van der Waals surface area contributed by atoms with Crippen molar-refractivity contribution < 1.29 is 20.1 Å². The molecule has 0 saturated carbocycles. The summed E-state index contributed by atoms with van der Waals surface area (Å²) < 4.78 is 0. The molecule has 4 heteroatoms. The molecule has 1 aliphatic carbocycles. The van der Waals surface area contributed by atoms with E-state index >= 15 is 0 Å². The number of allylic oxidation sites excluding steroid dienone is 3. The highest BCUT2D eigenvalue weighted by Gasteiger charge is 2.13. The monoisotopic (exact) mass is 316 g/mol.